The fraction of sp³-hybridized carbons (Fsp3) is 0.474. The quantitative estimate of drug-likeness (QED) is 0.900. The van der Waals surface area contributed by atoms with Crippen LogP contribution in [0.25, 0.3) is 5.69 Å². The standard InChI is InChI=1S/C19H26N4O2/c1-13-10-14(2)23(21-13)18-8-4-7-17(11-18)20-19(25)22-9-5-6-16(12-22)15(3)24/h4,7-8,10-11,15-16,24H,5-6,9,12H2,1-3H3,(H,20,25). The summed E-state index contributed by atoms with van der Waals surface area (Å²) in [6.07, 6.45) is 1.51. The van der Waals surface area contributed by atoms with Gasteiger partial charge in [-0.1, -0.05) is 6.07 Å². The second-order valence-corrected chi connectivity index (χ2v) is 6.91. The molecule has 0 spiro atoms. The Kier molecular flexibility index (Phi) is 5.08. The van der Waals surface area contributed by atoms with E-state index < -0.39 is 0 Å². The van der Waals surface area contributed by atoms with Gasteiger partial charge in [0.25, 0.3) is 0 Å². The molecule has 0 saturated carbocycles. The number of rotatable bonds is 3. The molecule has 2 aromatic rings. The van der Waals surface area contributed by atoms with E-state index in [1.165, 1.54) is 0 Å². The zero-order valence-corrected chi connectivity index (χ0v) is 15.1. The number of aryl methyl sites for hydroxylation is 2. The number of aliphatic hydroxyl groups is 1. The number of hydrogen-bond donors (Lipinski definition) is 2. The van der Waals surface area contributed by atoms with E-state index in [-0.39, 0.29) is 18.1 Å². The van der Waals surface area contributed by atoms with E-state index in [4.69, 9.17) is 0 Å². The normalized spacial score (nSPS) is 18.9. The van der Waals surface area contributed by atoms with Gasteiger partial charge in [0.15, 0.2) is 0 Å². The van der Waals surface area contributed by atoms with Gasteiger partial charge in [-0.2, -0.15) is 5.10 Å². The van der Waals surface area contributed by atoms with Crippen LogP contribution in [0.15, 0.2) is 30.3 Å². The molecule has 2 atom stereocenters. The predicted molar refractivity (Wildman–Crippen MR) is 98.0 cm³/mol. The van der Waals surface area contributed by atoms with Gasteiger partial charge in [-0.05, 0) is 57.9 Å². The molecule has 6 heteroatoms. The highest BCUT2D eigenvalue weighted by atomic mass is 16.3. The van der Waals surface area contributed by atoms with Gasteiger partial charge in [-0.25, -0.2) is 9.48 Å². The summed E-state index contributed by atoms with van der Waals surface area (Å²) < 4.78 is 1.87. The minimum absolute atomic E-state index is 0.115. The third-order valence-electron chi connectivity index (χ3n) is 4.78. The average molecular weight is 342 g/mol. The van der Waals surface area contributed by atoms with E-state index in [0.29, 0.717) is 6.54 Å². The average Bonchev–Trinajstić information content (AvgIpc) is 2.93. The number of aliphatic hydroxyl groups excluding tert-OH is 1. The first kappa shape index (κ1) is 17.5. The molecule has 1 aromatic carbocycles. The summed E-state index contributed by atoms with van der Waals surface area (Å²) in [4.78, 5) is 14.4. The second-order valence-electron chi connectivity index (χ2n) is 6.91. The van der Waals surface area contributed by atoms with Crippen molar-refractivity contribution in [2.24, 2.45) is 5.92 Å². The monoisotopic (exact) mass is 342 g/mol. The van der Waals surface area contributed by atoms with Crippen LogP contribution >= 0.6 is 0 Å². The summed E-state index contributed by atoms with van der Waals surface area (Å²) >= 11 is 0. The highest BCUT2D eigenvalue weighted by Gasteiger charge is 2.26. The summed E-state index contributed by atoms with van der Waals surface area (Å²) in [5.74, 6) is 0.153. The van der Waals surface area contributed by atoms with Crippen molar-refractivity contribution >= 4 is 11.7 Å². The Balaban J connectivity index is 1.72. The summed E-state index contributed by atoms with van der Waals surface area (Å²) in [6.45, 7) is 7.09. The lowest BCUT2D eigenvalue weighted by molar-refractivity contribution is 0.0766. The topological polar surface area (TPSA) is 70.4 Å². The van der Waals surface area contributed by atoms with E-state index in [0.717, 1.165) is 42.1 Å². The van der Waals surface area contributed by atoms with Crippen molar-refractivity contribution in [2.75, 3.05) is 18.4 Å². The van der Waals surface area contributed by atoms with Gasteiger partial charge in [-0.15, -0.1) is 0 Å². The lowest BCUT2D eigenvalue weighted by atomic mass is 9.94. The highest BCUT2D eigenvalue weighted by Crippen LogP contribution is 2.21. The fourth-order valence-electron chi connectivity index (χ4n) is 3.40. The number of anilines is 1. The Labute approximate surface area is 148 Å². The van der Waals surface area contributed by atoms with Crippen LogP contribution in [-0.4, -0.2) is 45.0 Å². The van der Waals surface area contributed by atoms with Crippen molar-refractivity contribution in [3.8, 4) is 5.69 Å². The van der Waals surface area contributed by atoms with Crippen molar-refractivity contribution in [3.63, 3.8) is 0 Å². The summed E-state index contributed by atoms with van der Waals surface area (Å²) in [7, 11) is 0. The van der Waals surface area contributed by atoms with Gasteiger partial charge in [-0.3, -0.25) is 0 Å². The number of likely N-dealkylation sites (tertiary alicyclic amines) is 1. The molecule has 2 unspecified atom stereocenters. The lowest BCUT2D eigenvalue weighted by Gasteiger charge is -2.34. The van der Waals surface area contributed by atoms with E-state index in [9.17, 15) is 9.90 Å². The van der Waals surface area contributed by atoms with Crippen LogP contribution in [0.5, 0.6) is 0 Å². The Morgan fingerprint density at radius 3 is 2.84 bits per heavy atom. The number of benzene rings is 1. The summed E-state index contributed by atoms with van der Waals surface area (Å²) in [5, 5.41) is 17.2. The molecule has 1 saturated heterocycles. The minimum atomic E-state index is -0.384. The number of carbonyl (C=O) groups is 1. The number of piperidine rings is 1. The van der Waals surface area contributed by atoms with Crippen LogP contribution in [0.4, 0.5) is 10.5 Å². The Bertz CT molecular complexity index is 754. The number of hydrogen-bond acceptors (Lipinski definition) is 3. The van der Waals surface area contributed by atoms with Gasteiger partial charge < -0.3 is 15.3 Å². The Morgan fingerprint density at radius 2 is 2.16 bits per heavy atom. The van der Waals surface area contributed by atoms with Crippen LogP contribution in [0.2, 0.25) is 0 Å². The van der Waals surface area contributed by atoms with Gasteiger partial charge in [0.2, 0.25) is 0 Å². The first-order valence-corrected chi connectivity index (χ1v) is 8.82. The molecule has 2 heterocycles. The highest BCUT2D eigenvalue weighted by molar-refractivity contribution is 5.89. The molecule has 1 aromatic heterocycles. The summed E-state index contributed by atoms with van der Waals surface area (Å²) in [5.41, 5.74) is 3.68. The molecule has 6 nitrogen and oxygen atoms in total. The number of carbonyl (C=O) groups excluding carboxylic acids is 1. The van der Waals surface area contributed by atoms with Gasteiger partial charge >= 0.3 is 6.03 Å². The van der Waals surface area contributed by atoms with Crippen LogP contribution in [-0.2, 0) is 0 Å². The Morgan fingerprint density at radius 1 is 1.36 bits per heavy atom. The molecule has 0 aliphatic carbocycles. The predicted octanol–water partition coefficient (Wildman–Crippen LogP) is 3.11. The molecule has 2 amide bonds. The zero-order valence-electron chi connectivity index (χ0n) is 15.1. The van der Waals surface area contributed by atoms with Crippen molar-refractivity contribution in [3.05, 3.63) is 41.7 Å². The second kappa shape index (κ2) is 7.27. The molecular weight excluding hydrogens is 316 g/mol. The molecule has 25 heavy (non-hydrogen) atoms. The van der Waals surface area contributed by atoms with Crippen molar-refractivity contribution in [1.29, 1.82) is 0 Å². The molecule has 134 valence electrons. The van der Waals surface area contributed by atoms with E-state index in [1.807, 2.05) is 48.9 Å². The van der Waals surface area contributed by atoms with Crippen LogP contribution < -0.4 is 5.32 Å². The lowest BCUT2D eigenvalue weighted by Crippen LogP contribution is -2.44. The third-order valence-corrected chi connectivity index (χ3v) is 4.78. The van der Waals surface area contributed by atoms with Gasteiger partial charge in [0.1, 0.15) is 0 Å². The number of nitrogens with zero attached hydrogens (tertiary/aromatic N) is 3. The smallest absolute Gasteiger partial charge is 0.321 e. The molecule has 1 aliphatic rings. The number of amides is 2. The molecule has 3 rings (SSSR count). The molecule has 2 N–H and O–H groups in total. The first-order valence-electron chi connectivity index (χ1n) is 8.82. The van der Waals surface area contributed by atoms with Crippen LogP contribution in [0.1, 0.15) is 31.2 Å². The zero-order chi connectivity index (χ0) is 18.0. The number of urea groups is 1. The van der Waals surface area contributed by atoms with Crippen molar-refractivity contribution in [2.45, 2.75) is 39.7 Å². The van der Waals surface area contributed by atoms with Crippen molar-refractivity contribution < 1.29 is 9.90 Å². The molecule has 1 fully saturated rings. The van der Waals surface area contributed by atoms with Gasteiger partial charge in [0.05, 0.1) is 17.5 Å². The Hall–Kier alpha value is -2.34. The number of aromatic nitrogens is 2. The van der Waals surface area contributed by atoms with Crippen LogP contribution in [0, 0.1) is 19.8 Å². The van der Waals surface area contributed by atoms with E-state index >= 15 is 0 Å². The van der Waals surface area contributed by atoms with E-state index in [2.05, 4.69) is 10.4 Å². The summed E-state index contributed by atoms with van der Waals surface area (Å²) in [6, 6.07) is 9.59. The molecule has 0 bridgehead atoms. The molecular formula is C19H26N4O2. The van der Waals surface area contributed by atoms with Gasteiger partial charge in [0, 0.05) is 30.4 Å². The van der Waals surface area contributed by atoms with Crippen LogP contribution in [0.3, 0.4) is 0 Å². The SMILES string of the molecule is Cc1cc(C)n(-c2cccc(NC(=O)N3CCCC(C(C)O)C3)c2)n1. The maximum Gasteiger partial charge on any atom is 0.321 e. The third kappa shape index (κ3) is 4.02. The number of nitrogens with one attached hydrogen (secondary N) is 1. The molecule has 0 radical (unpaired) electrons. The fourth-order valence-corrected chi connectivity index (χ4v) is 3.40. The molecule has 1 aliphatic heterocycles. The van der Waals surface area contributed by atoms with E-state index in [1.54, 1.807) is 11.8 Å². The maximum absolute atomic E-state index is 12.6. The largest absolute Gasteiger partial charge is 0.393 e. The maximum atomic E-state index is 12.6. The first-order chi connectivity index (χ1) is 11.9. The minimum Gasteiger partial charge on any atom is -0.393 e. The van der Waals surface area contributed by atoms with Crippen molar-refractivity contribution in [1.82, 2.24) is 14.7 Å².